The maximum absolute atomic E-state index is 12.0. The maximum Gasteiger partial charge on any atom is 0.319 e. The zero-order valence-corrected chi connectivity index (χ0v) is 11.7. The molecular formula is C16H18N4O. The molecule has 0 spiro atoms. The molecule has 21 heavy (non-hydrogen) atoms. The van der Waals surface area contributed by atoms with Crippen molar-refractivity contribution < 1.29 is 4.79 Å². The molecule has 3 rings (SSSR count). The van der Waals surface area contributed by atoms with Gasteiger partial charge in [-0.3, -0.25) is 0 Å². The van der Waals surface area contributed by atoms with Crippen molar-refractivity contribution in [2.75, 3.05) is 23.3 Å². The smallest absolute Gasteiger partial charge is 0.319 e. The van der Waals surface area contributed by atoms with Crippen LogP contribution in [0, 0.1) is 0 Å². The van der Waals surface area contributed by atoms with Crippen molar-refractivity contribution in [3.8, 4) is 0 Å². The summed E-state index contributed by atoms with van der Waals surface area (Å²) in [6, 6.07) is 15.3. The van der Waals surface area contributed by atoms with Crippen LogP contribution in [0.1, 0.15) is 6.42 Å². The predicted molar refractivity (Wildman–Crippen MR) is 83.5 cm³/mol. The monoisotopic (exact) mass is 282 g/mol. The molecule has 0 unspecified atom stereocenters. The molecule has 2 amide bonds. The summed E-state index contributed by atoms with van der Waals surface area (Å²) >= 11 is 0. The van der Waals surface area contributed by atoms with Gasteiger partial charge in [-0.2, -0.15) is 0 Å². The molecule has 5 nitrogen and oxygen atoms in total. The first kappa shape index (κ1) is 13.4. The summed E-state index contributed by atoms with van der Waals surface area (Å²) in [5, 5.41) is 5.85. The average molecular weight is 282 g/mol. The molecular weight excluding hydrogens is 264 g/mol. The van der Waals surface area contributed by atoms with Gasteiger partial charge in [-0.1, -0.05) is 24.3 Å². The lowest BCUT2D eigenvalue weighted by Gasteiger charge is -2.17. The summed E-state index contributed by atoms with van der Waals surface area (Å²) in [5.74, 6) is 0.963. The van der Waals surface area contributed by atoms with E-state index in [2.05, 4.69) is 20.5 Å². The fraction of sp³-hybridized carbons (Fsp3) is 0.250. The van der Waals surface area contributed by atoms with Crippen LogP contribution < -0.4 is 15.5 Å². The van der Waals surface area contributed by atoms with Crippen LogP contribution in [0.5, 0.6) is 0 Å². The van der Waals surface area contributed by atoms with Crippen LogP contribution >= 0.6 is 0 Å². The number of carbonyl (C=O) groups excluding carboxylic acids is 1. The first-order valence-electron chi connectivity index (χ1n) is 7.10. The Morgan fingerprint density at radius 3 is 2.71 bits per heavy atom. The minimum absolute atomic E-state index is 0.149. The van der Waals surface area contributed by atoms with Gasteiger partial charge in [0.15, 0.2) is 0 Å². The molecule has 2 heterocycles. The van der Waals surface area contributed by atoms with E-state index in [0.717, 1.165) is 31.0 Å². The van der Waals surface area contributed by atoms with E-state index in [1.807, 2.05) is 48.5 Å². The number of urea groups is 1. The second-order valence-electron chi connectivity index (χ2n) is 5.08. The molecule has 0 aliphatic carbocycles. The first-order chi connectivity index (χ1) is 10.3. The Balaban J connectivity index is 1.52. The third-order valence-electron chi connectivity index (χ3n) is 3.53. The molecule has 5 heteroatoms. The molecule has 0 radical (unpaired) electrons. The van der Waals surface area contributed by atoms with Crippen molar-refractivity contribution in [2.45, 2.75) is 12.5 Å². The Bertz CT molecular complexity index is 588. The van der Waals surface area contributed by atoms with E-state index in [1.165, 1.54) is 0 Å². The van der Waals surface area contributed by atoms with E-state index < -0.39 is 0 Å². The molecule has 108 valence electrons. The molecule has 1 saturated heterocycles. The number of rotatable bonds is 3. The number of hydrogen-bond acceptors (Lipinski definition) is 3. The summed E-state index contributed by atoms with van der Waals surface area (Å²) < 4.78 is 0. The summed E-state index contributed by atoms with van der Waals surface area (Å²) in [5.41, 5.74) is 0.801. The Morgan fingerprint density at radius 2 is 1.95 bits per heavy atom. The second kappa shape index (κ2) is 6.26. The molecule has 1 aliphatic heterocycles. The topological polar surface area (TPSA) is 57.3 Å². The van der Waals surface area contributed by atoms with Crippen LogP contribution in [0.25, 0.3) is 0 Å². The third-order valence-corrected chi connectivity index (χ3v) is 3.53. The molecule has 0 saturated carbocycles. The number of pyridine rings is 1. The number of para-hydroxylation sites is 1. The van der Waals surface area contributed by atoms with Crippen molar-refractivity contribution in [2.24, 2.45) is 0 Å². The van der Waals surface area contributed by atoms with E-state index in [0.29, 0.717) is 0 Å². The standard InChI is InChI=1S/C16H18N4O/c21-16(18-13-6-2-1-3-7-13)19-14-9-11-20(12-14)15-8-4-5-10-17-15/h1-8,10,14H,9,11-12H2,(H2,18,19,21)/t14-/m1/s1. The summed E-state index contributed by atoms with van der Waals surface area (Å²) in [4.78, 5) is 18.5. The molecule has 1 aliphatic rings. The molecule has 1 fully saturated rings. The predicted octanol–water partition coefficient (Wildman–Crippen LogP) is 2.48. The van der Waals surface area contributed by atoms with Crippen molar-refractivity contribution in [1.29, 1.82) is 0 Å². The minimum Gasteiger partial charge on any atom is -0.354 e. The molecule has 2 aromatic rings. The Morgan fingerprint density at radius 1 is 1.14 bits per heavy atom. The van der Waals surface area contributed by atoms with Gasteiger partial charge in [-0.15, -0.1) is 0 Å². The van der Waals surface area contributed by atoms with Crippen molar-refractivity contribution in [3.63, 3.8) is 0 Å². The highest BCUT2D eigenvalue weighted by Crippen LogP contribution is 2.17. The number of benzene rings is 1. The van der Waals surface area contributed by atoms with Crippen LogP contribution in [0.2, 0.25) is 0 Å². The quantitative estimate of drug-likeness (QED) is 0.909. The highest BCUT2D eigenvalue weighted by atomic mass is 16.2. The number of anilines is 2. The van der Waals surface area contributed by atoms with E-state index >= 15 is 0 Å². The first-order valence-corrected chi connectivity index (χ1v) is 7.10. The normalized spacial score (nSPS) is 17.5. The second-order valence-corrected chi connectivity index (χ2v) is 5.08. The molecule has 0 bridgehead atoms. The van der Waals surface area contributed by atoms with Crippen LogP contribution in [-0.4, -0.2) is 30.1 Å². The lowest BCUT2D eigenvalue weighted by Crippen LogP contribution is -2.39. The van der Waals surface area contributed by atoms with Gasteiger partial charge in [0.1, 0.15) is 5.82 Å². The van der Waals surface area contributed by atoms with Gasteiger partial charge >= 0.3 is 6.03 Å². The van der Waals surface area contributed by atoms with Crippen LogP contribution in [-0.2, 0) is 0 Å². The van der Waals surface area contributed by atoms with Gasteiger partial charge in [0.25, 0.3) is 0 Å². The van der Waals surface area contributed by atoms with Crippen molar-refractivity contribution in [1.82, 2.24) is 10.3 Å². The summed E-state index contributed by atoms with van der Waals surface area (Å²) in [7, 11) is 0. The number of carbonyl (C=O) groups is 1. The number of hydrogen-bond donors (Lipinski definition) is 2. The number of nitrogens with zero attached hydrogens (tertiary/aromatic N) is 2. The lowest BCUT2D eigenvalue weighted by molar-refractivity contribution is 0.249. The van der Waals surface area contributed by atoms with E-state index in [9.17, 15) is 4.79 Å². The average Bonchev–Trinajstić information content (AvgIpc) is 2.97. The van der Waals surface area contributed by atoms with Gasteiger partial charge in [-0.05, 0) is 30.7 Å². The molecule has 1 aromatic heterocycles. The van der Waals surface area contributed by atoms with Crippen LogP contribution in [0.3, 0.4) is 0 Å². The van der Waals surface area contributed by atoms with Crippen molar-refractivity contribution in [3.05, 3.63) is 54.7 Å². The number of nitrogens with one attached hydrogen (secondary N) is 2. The molecule has 1 atom stereocenters. The van der Waals surface area contributed by atoms with Gasteiger partial charge in [0.2, 0.25) is 0 Å². The minimum atomic E-state index is -0.158. The fourth-order valence-corrected chi connectivity index (χ4v) is 2.50. The fourth-order valence-electron chi connectivity index (χ4n) is 2.50. The Labute approximate surface area is 124 Å². The van der Waals surface area contributed by atoms with E-state index in [1.54, 1.807) is 6.20 Å². The van der Waals surface area contributed by atoms with Crippen molar-refractivity contribution >= 4 is 17.5 Å². The largest absolute Gasteiger partial charge is 0.354 e. The van der Waals surface area contributed by atoms with Crippen LogP contribution in [0.4, 0.5) is 16.3 Å². The Hall–Kier alpha value is -2.56. The van der Waals surface area contributed by atoms with Gasteiger partial charge < -0.3 is 15.5 Å². The Kier molecular flexibility index (Phi) is 4.00. The molecule has 2 N–H and O–H groups in total. The van der Waals surface area contributed by atoms with Gasteiger partial charge in [0.05, 0.1) is 0 Å². The van der Waals surface area contributed by atoms with E-state index in [-0.39, 0.29) is 12.1 Å². The van der Waals surface area contributed by atoms with Crippen LogP contribution in [0.15, 0.2) is 54.7 Å². The van der Waals surface area contributed by atoms with E-state index in [4.69, 9.17) is 0 Å². The lowest BCUT2D eigenvalue weighted by atomic mass is 10.3. The summed E-state index contributed by atoms with van der Waals surface area (Å²) in [6.45, 7) is 1.70. The third kappa shape index (κ3) is 3.51. The highest BCUT2D eigenvalue weighted by molar-refractivity contribution is 5.89. The summed E-state index contributed by atoms with van der Waals surface area (Å²) in [6.07, 6.45) is 2.72. The highest BCUT2D eigenvalue weighted by Gasteiger charge is 2.24. The van der Waals surface area contributed by atoms with Gasteiger partial charge in [-0.25, -0.2) is 9.78 Å². The maximum atomic E-state index is 12.0. The number of amides is 2. The zero-order chi connectivity index (χ0) is 14.5. The van der Waals surface area contributed by atoms with Gasteiger partial charge in [0, 0.05) is 31.0 Å². The number of aromatic nitrogens is 1. The SMILES string of the molecule is O=C(Nc1ccccc1)N[C@@H]1CCN(c2ccccn2)C1. The zero-order valence-electron chi connectivity index (χ0n) is 11.7. The molecule has 1 aromatic carbocycles.